The van der Waals surface area contributed by atoms with Gasteiger partial charge in [-0.2, -0.15) is 0 Å². The van der Waals surface area contributed by atoms with E-state index in [1.807, 2.05) is 0 Å². The molecule has 0 fully saturated rings. The molecular weight excluding hydrogens is 166 g/mol. The lowest BCUT2D eigenvalue weighted by atomic mass is 10.5. The zero-order chi connectivity index (χ0) is 8.10. The summed E-state index contributed by atoms with van der Waals surface area (Å²) in [5.74, 6) is 8.03. The highest BCUT2D eigenvalue weighted by Gasteiger charge is 1.99. The molecule has 0 bridgehead atoms. The van der Waals surface area contributed by atoms with Crippen molar-refractivity contribution in [1.29, 1.82) is 0 Å². The molecule has 1 aromatic heterocycles. The van der Waals surface area contributed by atoms with Crippen LogP contribution in [0.5, 0.6) is 0 Å². The molecule has 1 heterocycles. The molecule has 0 unspecified atom stereocenters. The fourth-order valence-electron chi connectivity index (χ4n) is 0.556. The van der Waals surface area contributed by atoms with Crippen LogP contribution in [0, 0.1) is 0 Å². The van der Waals surface area contributed by atoms with E-state index >= 15 is 0 Å². The van der Waals surface area contributed by atoms with E-state index in [2.05, 4.69) is 15.1 Å². The molecule has 0 aromatic carbocycles. The third-order valence-electron chi connectivity index (χ3n) is 0.947. The number of anilines is 1. The van der Waals surface area contributed by atoms with Gasteiger partial charge in [0, 0.05) is 11.3 Å². The highest BCUT2D eigenvalue weighted by atomic mass is 32.1. The van der Waals surface area contributed by atoms with Crippen LogP contribution in [0.2, 0.25) is 0 Å². The lowest BCUT2D eigenvalue weighted by molar-refractivity contribution is -0.105. The van der Waals surface area contributed by atoms with Crippen molar-refractivity contribution in [3.63, 3.8) is 0 Å². The Morgan fingerprint density at radius 1 is 1.91 bits per heavy atom. The summed E-state index contributed by atoms with van der Waals surface area (Å²) in [5, 5.41) is 4.55. The number of aromatic nitrogens is 1. The number of nitrogens with zero attached hydrogens (tertiary/aromatic N) is 2. The first kappa shape index (κ1) is 8.12. The van der Waals surface area contributed by atoms with Crippen molar-refractivity contribution in [2.75, 3.05) is 5.32 Å². The van der Waals surface area contributed by atoms with Crippen molar-refractivity contribution in [2.45, 2.75) is 6.61 Å². The first-order chi connectivity index (χ1) is 5.36. The second-order valence-corrected chi connectivity index (χ2v) is 2.54. The van der Waals surface area contributed by atoms with Crippen LogP contribution in [0.25, 0.3) is 0 Å². The van der Waals surface area contributed by atoms with Crippen molar-refractivity contribution in [2.24, 2.45) is 0 Å². The summed E-state index contributed by atoms with van der Waals surface area (Å²) < 4.78 is 0. The Morgan fingerprint density at radius 3 is 3.36 bits per heavy atom. The van der Waals surface area contributed by atoms with Gasteiger partial charge in [0.1, 0.15) is 6.61 Å². The first-order valence-corrected chi connectivity index (χ1v) is 3.65. The Labute approximate surface area is 67.1 Å². The monoisotopic (exact) mass is 171 g/mol. The van der Waals surface area contributed by atoms with E-state index in [1.54, 1.807) is 5.38 Å². The van der Waals surface area contributed by atoms with Crippen molar-refractivity contribution in [3.8, 4) is 0 Å². The number of nitrogens with one attached hydrogen (secondary N) is 1. The van der Waals surface area contributed by atoms with Gasteiger partial charge in [-0.3, -0.25) is 9.63 Å². The summed E-state index contributed by atoms with van der Waals surface area (Å²) in [6.07, 6.45) is 0.544. The first-order valence-electron chi connectivity index (χ1n) is 2.77. The molecule has 0 aliphatic rings. The molecule has 5 nitrogen and oxygen atoms in total. The van der Waals surface area contributed by atoms with Gasteiger partial charge in [0.05, 0.1) is 5.69 Å². The molecule has 1 rings (SSSR count). The number of carbonyl (C=O) groups excluding carboxylic acids is 1. The minimum atomic E-state index is 0.0387. The van der Waals surface area contributed by atoms with Gasteiger partial charge in [-0.15, -0.1) is 11.3 Å². The van der Waals surface area contributed by atoms with Crippen molar-refractivity contribution in [1.82, 2.24) is 10.9 Å². The number of thiazole rings is 1. The maximum atomic E-state index is 9.92. The molecule has 1 aromatic rings. The summed E-state index contributed by atoms with van der Waals surface area (Å²) in [7, 11) is 0. The van der Waals surface area contributed by atoms with Crippen LogP contribution in [0.4, 0.5) is 5.13 Å². The zero-order valence-electron chi connectivity index (χ0n) is 5.48. The SMILES string of the molecule is [N]OCc1csc(NC=O)n1. The second-order valence-electron chi connectivity index (χ2n) is 1.68. The van der Waals surface area contributed by atoms with Crippen molar-refractivity contribution < 1.29 is 9.63 Å². The van der Waals surface area contributed by atoms with Crippen LogP contribution in [0.1, 0.15) is 5.69 Å². The number of hydrogen-bond donors (Lipinski definition) is 1. The molecule has 0 saturated heterocycles. The van der Waals surface area contributed by atoms with E-state index in [0.29, 0.717) is 17.2 Å². The van der Waals surface area contributed by atoms with Crippen LogP contribution in [0.3, 0.4) is 0 Å². The quantitative estimate of drug-likeness (QED) is 0.520. The predicted molar refractivity (Wildman–Crippen MR) is 38.7 cm³/mol. The Hall–Kier alpha value is -0.980. The van der Waals surface area contributed by atoms with E-state index in [4.69, 9.17) is 5.90 Å². The highest BCUT2D eigenvalue weighted by Crippen LogP contribution is 2.14. The minimum absolute atomic E-state index is 0.0387. The van der Waals surface area contributed by atoms with Crippen LogP contribution in [-0.4, -0.2) is 11.4 Å². The van der Waals surface area contributed by atoms with E-state index in [0.717, 1.165) is 0 Å². The normalized spacial score (nSPS) is 9.55. The lowest BCUT2D eigenvalue weighted by Gasteiger charge is -1.88. The molecule has 2 radical (unpaired) electrons. The van der Waals surface area contributed by atoms with Gasteiger partial charge in [0.15, 0.2) is 5.13 Å². The van der Waals surface area contributed by atoms with Crippen molar-refractivity contribution in [3.05, 3.63) is 11.1 Å². The number of amides is 1. The largest absolute Gasteiger partial charge is 0.305 e. The van der Waals surface area contributed by atoms with E-state index in [9.17, 15) is 4.79 Å². The molecule has 58 valence electrons. The molecule has 0 spiro atoms. The van der Waals surface area contributed by atoms with E-state index < -0.39 is 0 Å². The standard InChI is InChI=1S/C5H5N3O2S/c6-10-1-4-2-11-5(8-4)7-3-9/h2-3H,1H2,(H,7,8,9). The van der Waals surface area contributed by atoms with Crippen LogP contribution >= 0.6 is 11.3 Å². The molecule has 11 heavy (non-hydrogen) atoms. The highest BCUT2D eigenvalue weighted by molar-refractivity contribution is 7.13. The molecule has 0 saturated carbocycles. The molecule has 1 N–H and O–H groups in total. The van der Waals surface area contributed by atoms with Gasteiger partial charge in [-0.25, -0.2) is 4.98 Å². The zero-order valence-corrected chi connectivity index (χ0v) is 6.30. The third kappa shape index (κ3) is 2.26. The van der Waals surface area contributed by atoms with E-state index in [-0.39, 0.29) is 6.61 Å². The molecule has 0 aliphatic heterocycles. The Bertz CT molecular complexity index is 237. The summed E-state index contributed by atoms with van der Waals surface area (Å²) in [6.45, 7) is 0.0387. The van der Waals surface area contributed by atoms with Gasteiger partial charge in [-0.1, -0.05) is 0 Å². The Morgan fingerprint density at radius 2 is 2.73 bits per heavy atom. The average Bonchev–Trinajstić information content (AvgIpc) is 2.38. The smallest absolute Gasteiger partial charge is 0.213 e. The van der Waals surface area contributed by atoms with Crippen molar-refractivity contribution >= 4 is 22.9 Å². The van der Waals surface area contributed by atoms with Gasteiger partial charge in [0.25, 0.3) is 0 Å². The Kier molecular flexibility index (Phi) is 2.96. The molecule has 0 aliphatic carbocycles. The Balaban J connectivity index is 2.57. The molecule has 1 amide bonds. The fraction of sp³-hybridized carbons (Fsp3) is 0.200. The molecular formula is C5H5N3O2S. The molecule has 6 heteroatoms. The maximum absolute atomic E-state index is 9.92. The maximum Gasteiger partial charge on any atom is 0.213 e. The third-order valence-corrected chi connectivity index (χ3v) is 1.77. The topological polar surface area (TPSA) is 73.5 Å². The van der Waals surface area contributed by atoms with Gasteiger partial charge < -0.3 is 5.32 Å². The lowest BCUT2D eigenvalue weighted by Crippen LogP contribution is -1.94. The number of carbonyl (C=O) groups is 1. The minimum Gasteiger partial charge on any atom is -0.305 e. The summed E-state index contributed by atoms with van der Waals surface area (Å²) in [4.78, 5) is 17.6. The predicted octanol–water partition coefficient (Wildman–Crippen LogP) is 0.212. The average molecular weight is 171 g/mol. The summed E-state index contributed by atoms with van der Waals surface area (Å²) >= 11 is 1.27. The summed E-state index contributed by atoms with van der Waals surface area (Å²) in [5.41, 5.74) is 0.585. The number of hydrogen-bond acceptors (Lipinski definition) is 4. The van der Waals surface area contributed by atoms with Gasteiger partial charge in [0.2, 0.25) is 6.41 Å². The van der Waals surface area contributed by atoms with E-state index in [1.165, 1.54) is 11.3 Å². The fourth-order valence-corrected chi connectivity index (χ4v) is 1.21. The van der Waals surface area contributed by atoms with Gasteiger partial charge >= 0.3 is 0 Å². The number of rotatable bonds is 4. The van der Waals surface area contributed by atoms with Crippen LogP contribution < -0.4 is 11.2 Å². The van der Waals surface area contributed by atoms with Crippen LogP contribution in [0.15, 0.2) is 5.38 Å². The van der Waals surface area contributed by atoms with Gasteiger partial charge in [-0.05, 0) is 0 Å². The summed E-state index contributed by atoms with van der Waals surface area (Å²) in [6, 6.07) is 0. The second kappa shape index (κ2) is 4.02. The van der Waals surface area contributed by atoms with Crippen LogP contribution in [-0.2, 0) is 16.2 Å². The molecule has 0 atom stereocenters.